The van der Waals surface area contributed by atoms with Crippen molar-refractivity contribution in [1.82, 2.24) is 10.2 Å². The highest BCUT2D eigenvalue weighted by atomic mass is 32.1. The molecule has 0 saturated carbocycles. The third kappa shape index (κ3) is 4.29. The molecule has 2 aromatic rings. The number of piperazine rings is 1. The molecule has 1 fully saturated rings. The summed E-state index contributed by atoms with van der Waals surface area (Å²) < 4.78 is 0. The fourth-order valence-corrected chi connectivity index (χ4v) is 3.89. The van der Waals surface area contributed by atoms with Gasteiger partial charge >= 0.3 is 0 Å². The molecule has 2 heterocycles. The summed E-state index contributed by atoms with van der Waals surface area (Å²) in [5, 5.41) is 7.04. The lowest BCUT2D eigenvalue weighted by atomic mass is 10.1. The Kier molecular flexibility index (Phi) is 5.75. The van der Waals surface area contributed by atoms with E-state index in [4.69, 9.17) is 0 Å². The number of nitrogens with zero attached hydrogens (tertiary/aromatic N) is 3. The predicted molar refractivity (Wildman–Crippen MR) is 104 cm³/mol. The Labute approximate surface area is 148 Å². The van der Waals surface area contributed by atoms with Gasteiger partial charge in [-0.3, -0.25) is 4.99 Å². The number of guanidine groups is 1. The van der Waals surface area contributed by atoms with E-state index in [9.17, 15) is 0 Å². The van der Waals surface area contributed by atoms with Crippen molar-refractivity contribution in [2.24, 2.45) is 4.99 Å². The first kappa shape index (κ1) is 16.8. The van der Waals surface area contributed by atoms with E-state index in [1.165, 1.54) is 16.1 Å². The zero-order chi connectivity index (χ0) is 16.8. The second-order valence-electron chi connectivity index (χ2n) is 6.14. The van der Waals surface area contributed by atoms with E-state index >= 15 is 0 Å². The van der Waals surface area contributed by atoms with Crippen LogP contribution in [0.4, 0.5) is 5.00 Å². The Hall–Kier alpha value is -2.01. The van der Waals surface area contributed by atoms with Gasteiger partial charge in [-0.25, -0.2) is 0 Å². The summed E-state index contributed by atoms with van der Waals surface area (Å²) in [4.78, 5) is 9.28. The van der Waals surface area contributed by atoms with Crippen LogP contribution in [0.3, 0.4) is 0 Å². The van der Waals surface area contributed by atoms with Crippen molar-refractivity contribution >= 4 is 22.3 Å². The van der Waals surface area contributed by atoms with Crippen LogP contribution in [0.25, 0.3) is 0 Å². The number of benzene rings is 1. The molecule has 0 bridgehead atoms. The van der Waals surface area contributed by atoms with E-state index in [1.807, 2.05) is 18.4 Å². The van der Waals surface area contributed by atoms with Gasteiger partial charge in [-0.05, 0) is 36.4 Å². The molecule has 5 heteroatoms. The molecule has 4 nitrogen and oxygen atoms in total. The van der Waals surface area contributed by atoms with Crippen LogP contribution < -0.4 is 10.2 Å². The molecule has 1 aliphatic rings. The van der Waals surface area contributed by atoms with Gasteiger partial charge in [0.25, 0.3) is 0 Å². The predicted octanol–water partition coefficient (Wildman–Crippen LogP) is 3.00. The van der Waals surface area contributed by atoms with Crippen LogP contribution in [0, 0.1) is 6.92 Å². The van der Waals surface area contributed by atoms with Crippen molar-refractivity contribution in [2.45, 2.75) is 13.3 Å². The summed E-state index contributed by atoms with van der Waals surface area (Å²) in [5.74, 6) is 1.02. The number of rotatable bonds is 4. The Bertz CT molecular complexity index is 658. The highest BCUT2D eigenvalue weighted by Gasteiger charge is 2.19. The molecule has 0 aliphatic carbocycles. The molecule has 0 spiro atoms. The monoisotopic (exact) mass is 342 g/mol. The summed E-state index contributed by atoms with van der Waals surface area (Å²) in [6.45, 7) is 7.20. The van der Waals surface area contributed by atoms with E-state index < -0.39 is 0 Å². The van der Waals surface area contributed by atoms with E-state index in [0.29, 0.717) is 0 Å². The molecule has 3 rings (SSSR count). The second-order valence-corrected chi connectivity index (χ2v) is 7.06. The lowest BCUT2D eigenvalue weighted by Crippen LogP contribution is -2.52. The van der Waals surface area contributed by atoms with Gasteiger partial charge in [0.15, 0.2) is 5.96 Å². The third-order valence-corrected chi connectivity index (χ3v) is 5.32. The van der Waals surface area contributed by atoms with E-state index in [1.54, 1.807) is 0 Å². The van der Waals surface area contributed by atoms with Gasteiger partial charge in [0.05, 0.1) is 5.00 Å². The summed E-state index contributed by atoms with van der Waals surface area (Å²) in [6, 6.07) is 13.0. The number of hydrogen-bond acceptors (Lipinski definition) is 3. The van der Waals surface area contributed by atoms with Crippen molar-refractivity contribution in [2.75, 3.05) is 44.7 Å². The molecule has 24 heavy (non-hydrogen) atoms. The first-order valence-corrected chi connectivity index (χ1v) is 9.44. The van der Waals surface area contributed by atoms with Gasteiger partial charge < -0.3 is 15.1 Å². The van der Waals surface area contributed by atoms with Gasteiger partial charge in [0.1, 0.15) is 0 Å². The van der Waals surface area contributed by atoms with Crippen LogP contribution in [0.1, 0.15) is 11.1 Å². The highest BCUT2D eigenvalue weighted by molar-refractivity contribution is 7.14. The molecule has 0 unspecified atom stereocenters. The molecule has 1 saturated heterocycles. The van der Waals surface area contributed by atoms with Gasteiger partial charge in [0, 0.05) is 39.8 Å². The summed E-state index contributed by atoms with van der Waals surface area (Å²) >= 11 is 1.82. The van der Waals surface area contributed by atoms with Gasteiger partial charge in [-0.15, -0.1) is 11.3 Å². The quantitative estimate of drug-likeness (QED) is 0.684. The first-order valence-electron chi connectivity index (χ1n) is 8.56. The number of thiophene rings is 1. The molecule has 128 valence electrons. The maximum atomic E-state index is 4.46. The molecular formula is C19H26N4S. The minimum atomic E-state index is 0.918. The molecule has 0 atom stereocenters. The van der Waals surface area contributed by atoms with Gasteiger partial charge in [-0.1, -0.05) is 29.8 Å². The summed E-state index contributed by atoms with van der Waals surface area (Å²) in [6.07, 6.45) is 1.02. The SMILES string of the molecule is CN=C(NCCc1cccc(C)c1)N1CCN(c2cccs2)CC1. The third-order valence-electron chi connectivity index (χ3n) is 4.39. The molecule has 1 aliphatic heterocycles. The van der Waals surface area contributed by atoms with Crippen LogP contribution >= 0.6 is 11.3 Å². The number of anilines is 1. The molecule has 0 amide bonds. The van der Waals surface area contributed by atoms with Crippen molar-refractivity contribution in [3.63, 3.8) is 0 Å². The number of hydrogen-bond donors (Lipinski definition) is 1. The van der Waals surface area contributed by atoms with Crippen molar-refractivity contribution in [1.29, 1.82) is 0 Å². The molecule has 1 aromatic carbocycles. The zero-order valence-corrected chi connectivity index (χ0v) is 15.4. The smallest absolute Gasteiger partial charge is 0.193 e. The summed E-state index contributed by atoms with van der Waals surface area (Å²) in [7, 11) is 1.88. The Morgan fingerprint density at radius 3 is 2.67 bits per heavy atom. The molecule has 0 radical (unpaired) electrons. The van der Waals surface area contributed by atoms with Crippen LogP contribution in [0.5, 0.6) is 0 Å². The minimum Gasteiger partial charge on any atom is -0.360 e. The fourth-order valence-electron chi connectivity index (χ4n) is 3.11. The van der Waals surface area contributed by atoms with Crippen LogP contribution in [-0.4, -0.2) is 50.6 Å². The first-order chi connectivity index (χ1) is 11.8. The number of nitrogens with one attached hydrogen (secondary N) is 1. The lowest BCUT2D eigenvalue weighted by molar-refractivity contribution is 0.374. The van der Waals surface area contributed by atoms with Crippen LogP contribution in [0.15, 0.2) is 46.8 Å². The van der Waals surface area contributed by atoms with Crippen LogP contribution in [-0.2, 0) is 6.42 Å². The second kappa shape index (κ2) is 8.20. The number of aliphatic imine (C=N–C) groups is 1. The largest absolute Gasteiger partial charge is 0.360 e. The van der Waals surface area contributed by atoms with Gasteiger partial charge in [-0.2, -0.15) is 0 Å². The zero-order valence-electron chi connectivity index (χ0n) is 14.5. The Morgan fingerprint density at radius 1 is 1.17 bits per heavy atom. The normalized spacial score (nSPS) is 15.7. The van der Waals surface area contributed by atoms with E-state index in [2.05, 4.69) is 68.8 Å². The Morgan fingerprint density at radius 2 is 2.00 bits per heavy atom. The summed E-state index contributed by atoms with van der Waals surface area (Å²) in [5.41, 5.74) is 2.70. The van der Waals surface area contributed by atoms with E-state index in [-0.39, 0.29) is 0 Å². The molecule has 1 N–H and O–H groups in total. The Balaban J connectivity index is 1.47. The molecular weight excluding hydrogens is 316 g/mol. The van der Waals surface area contributed by atoms with Crippen molar-refractivity contribution in [3.05, 3.63) is 52.9 Å². The average Bonchev–Trinajstić information content (AvgIpc) is 3.14. The van der Waals surface area contributed by atoms with Gasteiger partial charge in [0.2, 0.25) is 0 Å². The fraction of sp³-hybridized carbons (Fsp3) is 0.421. The minimum absolute atomic E-state index is 0.918. The standard InChI is InChI=1S/C19H26N4S/c1-16-5-3-6-17(15-16)8-9-21-19(20-2)23-12-10-22(11-13-23)18-7-4-14-24-18/h3-7,14-15H,8-13H2,1-2H3,(H,20,21). The highest BCUT2D eigenvalue weighted by Crippen LogP contribution is 2.22. The average molecular weight is 343 g/mol. The number of aryl methyl sites for hydroxylation is 1. The maximum absolute atomic E-state index is 4.46. The van der Waals surface area contributed by atoms with Crippen LogP contribution in [0.2, 0.25) is 0 Å². The topological polar surface area (TPSA) is 30.9 Å². The van der Waals surface area contributed by atoms with Crippen molar-refractivity contribution in [3.8, 4) is 0 Å². The lowest BCUT2D eigenvalue weighted by Gasteiger charge is -2.37. The van der Waals surface area contributed by atoms with E-state index in [0.717, 1.165) is 45.1 Å². The maximum Gasteiger partial charge on any atom is 0.193 e. The van der Waals surface area contributed by atoms with Crippen molar-refractivity contribution < 1.29 is 0 Å². The molecule has 1 aromatic heterocycles.